The molecule has 2 rings (SSSR count). The van der Waals surface area contributed by atoms with Crippen molar-refractivity contribution in [3.8, 4) is 0 Å². The van der Waals surface area contributed by atoms with E-state index >= 15 is 0 Å². The molecule has 1 heterocycles. The third-order valence-electron chi connectivity index (χ3n) is 4.61. The summed E-state index contributed by atoms with van der Waals surface area (Å²) in [4.78, 5) is 27.8. The second-order valence-electron chi connectivity index (χ2n) is 6.27. The lowest BCUT2D eigenvalue weighted by atomic mass is 10.0. The van der Waals surface area contributed by atoms with E-state index in [4.69, 9.17) is 0 Å². The number of rotatable bonds is 4. The van der Waals surface area contributed by atoms with Gasteiger partial charge in [-0.05, 0) is 10.8 Å². The number of nitrogens with zero attached hydrogens (tertiary/aromatic N) is 1. The fourth-order valence-corrected chi connectivity index (χ4v) is 3.41. The van der Waals surface area contributed by atoms with Gasteiger partial charge in [0.25, 0.3) is 0 Å². The molecule has 5 nitrogen and oxygen atoms in total. The number of Topliss-reactive ketones (excluding diaryl/α,β-unsaturated/α-hetero) is 1. The number of ether oxygens (including phenoxy) is 1. The zero-order chi connectivity index (χ0) is 15.3. The summed E-state index contributed by atoms with van der Waals surface area (Å²) in [6, 6.07) is 0.270. The molecule has 0 atom stereocenters. The third-order valence-corrected chi connectivity index (χ3v) is 5.70. The zero-order valence-electron chi connectivity index (χ0n) is 12.7. The molecule has 1 saturated carbocycles. The topological polar surface area (TPSA) is 68.3 Å². The lowest BCUT2D eigenvalue weighted by Crippen LogP contribution is -2.10. The summed E-state index contributed by atoms with van der Waals surface area (Å²) in [7, 11) is 1.28. The lowest BCUT2D eigenvalue weighted by Gasteiger charge is -2.03. The molecule has 0 bridgehead atoms. The quantitative estimate of drug-likeness (QED) is 0.683. The number of ketones is 1. The van der Waals surface area contributed by atoms with Gasteiger partial charge in [0.15, 0.2) is 16.6 Å². The molecule has 1 aliphatic carbocycles. The Morgan fingerprint density at radius 2 is 1.80 bits per heavy atom. The van der Waals surface area contributed by atoms with Crippen LogP contribution in [0.4, 0.5) is 5.13 Å². The number of aromatic nitrogens is 1. The van der Waals surface area contributed by atoms with Crippen LogP contribution in [0.25, 0.3) is 0 Å². The number of thiazole rings is 1. The molecule has 0 spiro atoms. The van der Waals surface area contributed by atoms with Crippen LogP contribution >= 0.6 is 11.3 Å². The highest BCUT2D eigenvalue weighted by atomic mass is 32.1. The van der Waals surface area contributed by atoms with Crippen molar-refractivity contribution < 1.29 is 14.3 Å². The Morgan fingerprint density at radius 3 is 2.20 bits per heavy atom. The highest BCUT2D eigenvalue weighted by Gasteiger charge is 2.65. The van der Waals surface area contributed by atoms with Gasteiger partial charge >= 0.3 is 5.97 Å². The van der Waals surface area contributed by atoms with Crippen molar-refractivity contribution in [1.82, 2.24) is 4.98 Å². The van der Waals surface area contributed by atoms with Crippen LogP contribution in [0.3, 0.4) is 0 Å². The number of anilines is 1. The van der Waals surface area contributed by atoms with Crippen LogP contribution in [-0.2, 0) is 4.74 Å². The summed E-state index contributed by atoms with van der Waals surface area (Å²) >= 11 is 1.21. The second kappa shape index (κ2) is 4.55. The second-order valence-corrected chi connectivity index (χ2v) is 7.26. The first kappa shape index (κ1) is 15.0. The summed E-state index contributed by atoms with van der Waals surface area (Å²) < 4.78 is 4.67. The molecule has 1 aromatic heterocycles. The largest absolute Gasteiger partial charge is 0.464 e. The maximum atomic E-state index is 11.7. The van der Waals surface area contributed by atoms with E-state index in [0.717, 1.165) is 0 Å². The lowest BCUT2D eigenvalue weighted by molar-refractivity contribution is 0.0591. The van der Waals surface area contributed by atoms with Crippen LogP contribution in [0.15, 0.2) is 0 Å². The summed E-state index contributed by atoms with van der Waals surface area (Å²) in [5.41, 5.74) is 0.407. The van der Waals surface area contributed by atoms with E-state index in [1.54, 1.807) is 0 Å². The number of nitrogens with one attached hydrogen (secondary N) is 1. The van der Waals surface area contributed by atoms with Gasteiger partial charge in [-0.15, -0.1) is 0 Å². The third kappa shape index (κ3) is 2.12. The van der Waals surface area contributed by atoms with Crippen molar-refractivity contribution in [1.29, 1.82) is 0 Å². The smallest absolute Gasteiger partial charge is 0.358 e. The van der Waals surface area contributed by atoms with Crippen molar-refractivity contribution in [2.45, 2.75) is 40.7 Å². The van der Waals surface area contributed by atoms with Crippen LogP contribution in [0.2, 0.25) is 0 Å². The number of methoxy groups -OCH3 is 1. The van der Waals surface area contributed by atoms with E-state index in [1.165, 1.54) is 25.4 Å². The Kier molecular flexibility index (Phi) is 3.40. The highest BCUT2D eigenvalue weighted by molar-refractivity contribution is 7.17. The molecule has 1 fully saturated rings. The van der Waals surface area contributed by atoms with E-state index in [0.29, 0.717) is 10.0 Å². The van der Waals surface area contributed by atoms with E-state index in [2.05, 4.69) is 42.7 Å². The van der Waals surface area contributed by atoms with Gasteiger partial charge in [0, 0.05) is 13.0 Å². The minimum atomic E-state index is -0.575. The Hall–Kier alpha value is -1.43. The molecular weight excluding hydrogens is 276 g/mol. The average molecular weight is 296 g/mol. The number of esters is 1. The number of carbonyl (C=O) groups excluding carboxylic acids is 2. The van der Waals surface area contributed by atoms with Gasteiger partial charge < -0.3 is 10.1 Å². The molecule has 1 N–H and O–H groups in total. The van der Waals surface area contributed by atoms with Crippen molar-refractivity contribution in [2.24, 2.45) is 10.8 Å². The predicted octanol–water partition coefficient (Wildman–Crippen LogP) is 2.98. The van der Waals surface area contributed by atoms with E-state index in [9.17, 15) is 9.59 Å². The standard InChI is InChI=1S/C14H20N2O3S/c1-7(17)9-8(10(18)19-6)15-12(20-9)16-11-13(2,3)14(11,4)5/h11H,1-6H3,(H,15,16). The summed E-state index contributed by atoms with van der Waals surface area (Å²) in [5.74, 6) is -0.751. The van der Waals surface area contributed by atoms with Gasteiger partial charge in [-0.25, -0.2) is 9.78 Å². The van der Waals surface area contributed by atoms with Crippen molar-refractivity contribution in [3.05, 3.63) is 10.6 Å². The maximum Gasteiger partial charge on any atom is 0.358 e. The van der Waals surface area contributed by atoms with E-state index < -0.39 is 5.97 Å². The summed E-state index contributed by atoms with van der Waals surface area (Å²) in [6.07, 6.45) is 0. The predicted molar refractivity (Wildman–Crippen MR) is 78.4 cm³/mol. The van der Waals surface area contributed by atoms with Crippen molar-refractivity contribution >= 4 is 28.2 Å². The van der Waals surface area contributed by atoms with Gasteiger partial charge in [-0.3, -0.25) is 4.79 Å². The molecule has 110 valence electrons. The SMILES string of the molecule is COC(=O)c1nc(NC2C(C)(C)C2(C)C)sc1C(C)=O. The van der Waals surface area contributed by atoms with Gasteiger partial charge in [0.1, 0.15) is 4.88 Å². The normalized spacial score (nSPS) is 19.5. The highest BCUT2D eigenvalue weighted by Crippen LogP contribution is 2.63. The number of carbonyl (C=O) groups is 2. The van der Waals surface area contributed by atoms with Crippen molar-refractivity contribution in [2.75, 3.05) is 12.4 Å². The first-order chi connectivity index (χ1) is 9.12. The number of hydrogen-bond donors (Lipinski definition) is 1. The molecule has 0 amide bonds. The van der Waals surface area contributed by atoms with Crippen LogP contribution in [0, 0.1) is 10.8 Å². The Labute approximate surface area is 122 Å². The van der Waals surface area contributed by atoms with Gasteiger partial charge in [0.05, 0.1) is 7.11 Å². The first-order valence-electron chi connectivity index (χ1n) is 6.49. The van der Waals surface area contributed by atoms with Gasteiger partial charge in [-0.1, -0.05) is 39.0 Å². The minimum Gasteiger partial charge on any atom is -0.464 e. The fraction of sp³-hybridized carbons (Fsp3) is 0.643. The molecule has 0 radical (unpaired) electrons. The van der Waals surface area contributed by atoms with Crippen LogP contribution in [0.5, 0.6) is 0 Å². The molecule has 0 aromatic carbocycles. The Morgan fingerprint density at radius 1 is 1.25 bits per heavy atom. The van der Waals surface area contributed by atoms with E-state index in [1.807, 2.05) is 0 Å². The Bertz CT molecular complexity index is 561. The minimum absolute atomic E-state index is 0.101. The molecule has 20 heavy (non-hydrogen) atoms. The van der Waals surface area contributed by atoms with Crippen LogP contribution < -0.4 is 5.32 Å². The molecule has 0 saturated heterocycles. The van der Waals surface area contributed by atoms with Crippen LogP contribution in [-0.4, -0.2) is 29.9 Å². The fourth-order valence-electron chi connectivity index (χ4n) is 2.54. The molecular formula is C14H20N2O3S. The van der Waals surface area contributed by atoms with Gasteiger partial charge in [-0.2, -0.15) is 0 Å². The molecule has 6 heteroatoms. The molecule has 0 aliphatic heterocycles. The van der Waals surface area contributed by atoms with Crippen molar-refractivity contribution in [3.63, 3.8) is 0 Å². The average Bonchev–Trinajstić information content (AvgIpc) is 2.73. The van der Waals surface area contributed by atoms with E-state index in [-0.39, 0.29) is 28.3 Å². The number of hydrogen-bond acceptors (Lipinski definition) is 6. The Balaban J connectivity index is 2.27. The summed E-state index contributed by atoms with van der Waals surface area (Å²) in [6.45, 7) is 10.2. The molecule has 1 aliphatic rings. The maximum absolute atomic E-state index is 11.7. The van der Waals surface area contributed by atoms with Crippen LogP contribution in [0.1, 0.15) is 54.8 Å². The van der Waals surface area contributed by atoms with Gasteiger partial charge in [0.2, 0.25) is 0 Å². The molecule has 0 unspecified atom stereocenters. The monoisotopic (exact) mass is 296 g/mol. The molecule has 1 aromatic rings. The zero-order valence-corrected chi connectivity index (χ0v) is 13.5. The summed E-state index contributed by atoms with van der Waals surface area (Å²) in [5, 5.41) is 3.93. The first-order valence-corrected chi connectivity index (χ1v) is 7.31.